The number of carboxylic acids is 2. The summed E-state index contributed by atoms with van der Waals surface area (Å²) in [6.45, 7) is 12.4. The number of hydrogen-bond acceptors (Lipinski definition) is 21. The van der Waals surface area contributed by atoms with Gasteiger partial charge >= 0.3 is 30.3 Å². The van der Waals surface area contributed by atoms with E-state index in [4.69, 9.17) is 41.7 Å². The van der Waals surface area contributed by atoms with Crippen molar-refractivity contribution in [1.29, 1.82) is 0 Å². The second kappa shape index (κ2) is 44.2. The molecular weight excluding hydrogens is 1400 g/mol. The van der Waals surface area contributed by atoms with Crippen LogP contribution in [0.3, 0.4) is 0 Å². The molecule has 2 aliphatic heterocycles. The maximum atomic E-state index is 15.4. The quantitative estimate of drug-likeness (QED) is 0.0182. The predicted octanol–water partition coefficient (Wildman–Crippen LogP) is -4.40. The highest BCUT2D eigenvalue weighted by atomic mass is 19.4. The molecule has 15 atom stereocenters. The summed E-state index contributed by atoms with van der Waals surface area (Å²) < 4.78 is 69.4. The van der Waals surface area contributed by atoms with Crippen LogP contribution in [0.5, 0.6) is 0 Å². The Morgan fingerprint density at radius 1 is 0.654 bits per heavy atom. The molecule has 0 bridgehead atoms. The number of carbonyl (C=O) groups excluding carboxylic acids is 12. The third-order valence-corrected chi connectivity index (χ3v) is 15.5. The molecule has 0 radical (unpaired) electrons. The third-order valence-electron chi connectivity index (χ3n) is 15.5. The number of primary amides is 1. The summed E-state index contributed by atoms with van der Waals surface area (Å²) in [4.78, 5) is 192. The number of aliphatic carboxylic acids is 2. The van der Waals surface area contributed by atoms with Crippen molar-refractivity contribution in [2.75, 3.05) is 26.2 Å². The lowest BCUT2D eigenvalue weighted by atomic mass is 9.95. The molecule has 2 aliphatic rings. The smallest absolute Gasteiger partial charge is 0.475 e. The Labute approximate surface area is 593 Å². The molecule has 3 rings (SSSR count). The maximum absolute atomic E-state index is 15.4. The van der Waals surface area contributed by atoms with Crippen LogP contribution in [-0.2, 0) is 71.9 Å². The number of hydrogen-bond donors (Lipinski definition) is 20. The average Bonchev–Trinajstić information content (AvgIpc) is 0.818. The van der Waals surface area contributed by atoms with Crippen molar-refractivity contribution in [3.05, 3.63) is 35.9 Å². The molecule has 36 nitrogen and oxygen atoms in total. The Balaban J connectivity index is 0.00000348. The largest absolute Gasteiger partial charge is 0.490 e. The Morgan fingerprint density at radius 3 is 1.65 bits per heavy atom. The van der Waals surface area contributed by atoms with Gasteiger partial charge in [0, 0.05) is 6.54 Å². The van der Waals surface area contributed by atoms with Gasteiger partial charge in [0.2, 0.25) is 65.0 Å². The van der Waals surface area contributed by atoms with Crippen molar-refractivity contribution in [3.8, 4) is 0 Å². The lowest BCUT2D eigenvalue weighted by Gasteiger charge is -2.34. The SMILES string of the molecule is CC[C@H](C)C1NC(=O)[C@@H](CCCN=C(N)N)NC(=O)[C@H](CC(C)C)NC(=O)[C@H]([C@H](O)C(C)C)NC(=O)[C@@H](NC(=O)[C@H](CC(C)C)NC(=O)[C@H]2CCCCN2)[C@@H](c2ccccc2)OC(=O)[C@H](CO)NC(=O)[C@H]([C@H](O)C(N)=O)NC(=O)CNC(=O)C([C@H](C)O)NC1=O.O=C(O)C(F)(F)F.O=C(O)C(F)(F)F. The van der Waals surface area contributed by atoms with Gasteiger partial charge in [0.15, 0.2) is 24.2 Å². The molecule has 0 aliphatic carbocycles. The molecule has 0 spiro atoms. The highest BCUT2D eigenvalue weighted by Crippen LogP contribution is 2.25. The van der Waals surface area contributed by atoms with Crippen LogP contribution in [0.2, 0.25) is 0 Å². The van der Waals surface area contributed by atoms with Gasteiger partial charge in [-0.05, 0) is 81.2 Å². The number of amides is 11. The molecule has 2 heterocycles. The first-order valence-corrected chi connectivity index (χ1v) is 32.8. The Morgan fingerprint density at radius 2 is 1.17 bits per heavy atom. The van der Waals surface area contributed by atoms with Gasteiger partial charge in [-0.1, -0.05) is 98.6 Å². The molecule has 104 heavy (non-hydrogen) atoms. The number of esters is 1. The number of alkyl halides is 6. The van der Waals surface area contributed by atoms with Crippen LogP contribution in [0.1, 0.15) is 125 Å². The third kappa shape index (κ3) is 32.4. The monoisotopic (exact) mass is 1500 g/mol. The number of guanidine groups is 1. The fourth-order valence-electron chi connectivity index (χ4n) is 9.70. The summed E-state index contributed by atoms with van der Waals surface area (Å²) >= 11 is 0. The van der Waals surface area contributed by atoms with Crippen LogP contribution in [0.15, 0.2) is 35.3 Å². The summed E-state index contributed by atoms with van der Waals surface area (Å²) in [5.74, 6) is -22.2. The lowest BCUT2D eigenvalue weighted by molar-refractivity contribution is -0.193. The van der Waals surface area contributed by atoms with Gasteiger partial charge in [-0.2, -0.15) is 26.3 Å². The van der Waals surface area contributed by atoms with Gasteiger partial charge in [0.05, 0.1) is 31.4 Å². The Hall–Kier alpha value is -9.55. The number of ether oxygens (including phenoxy) is 1. The maximum Gasteiger partial charge on any atom is 0.490 e. The standard InChI is InChI=1S/C58H95N15O17.2C2HF3O2/c1-10-30(8)39-53(85)71-40(31(9)75)52(84)64-25-38(76)69-42(45(78)47(59)79)55(87)68-37(26-74)57(89)90-46(32-17-12-11-13-18-32)43(73-51(83)36(24-28(4)5)66-48(80)33-19-14-15-21-62-33)56(88)72-41(44(77)29(6)7)54(86)67-35(23-27(2)3)50(82)65-34(49(81)70-39)20-16-22-63-58(60)61;2*3-2(4,5)1(6)7/h11-13,17-18,27-31,33-37,39-46,62,74-75,77-78H,10,14-16,19-26H2,1-9H3,(H2,59,79)(H,64,84)(H,65,82)(H,66,80)(H,67,86)(H,68,87)(H,69,76)(H,70,81)(H,71,85)(H,72,88)(H,73,83)(H4,60,61,63);2*(H,6,7)/t30-,31-,33+,34+,35-,36-,37-,39?,40?,41-,42-,43-,44+,45-,46+;;/m0../s1. The van der Waals surface area contributed by atoms with E-state index in [-0.39, 0.29) is 62.0 Å². The van der Waals surface area contributed by atoms with Crippen molar-refractivity contribution in [3.63, 3.8) is 0 Å². The predicted molar refractivity (Wildman–Crippen MR) is 352 cm³/mol. The number of aliphatic imine (C=N–C) groups is 1. The number of carbonyl (C=O) groups is 14. The van der Waals surface area contributed by atoms with Gasteiger partial charge in [0.25, 0.3) is 0 Å². The van der Waals surface area contributed by atoms with E-state index in [2.05, 4.69) is 52.8 Å². The van der Waals surface area contributed by atoms with Crippen molar-refractivity contribution in [2.45, 2.75) is 211 Å². The summed E-state index contributed by atoms with van der Waals surface area (Å²) in [5.41, 5.74) is 16.4. The molecule has 23 N–H and O–H groups in total. The minimum absolute atomic E-state index is 0.0143. The number of rotatable bonds is 21. The van der Waals surface area contributed by atoms with Crippen molar-refractivity contribution >= 4 is 88.8 Å². The zero-order valence-electron chi connectivity index (χ0n) is 58.5. The van der Waals surface area contributed by atoms with E-state index < -0.39 is 205 Å². The van der Waals surface area contributed by atoms with Crippen LogP contribution >= 0.6 is 0 Å². The van der Waals surface area contributed by atoms with E-state index in [0.717, 1.165) is 13.3 Å². The first kappa shape index (κ1) is 92.5. The molecule has 0 saturated carbocycles. The van der Waals surface area contributed by atoms with Gasteiger partial charge < -0.3 is 111 Å². The normalized spacial score (nSPS) is 24.1. The van der Waals surface area contributed by atoms with E-state index >= 15 is 4.79 Å². The molecule has 0 aromatic heterocycles. The summed E-state index contributed by atoms with van der Waals surface area (Å²) in [6, 6.07) is -10.1. The highest BCUT2D eigenvalue weighted by Gasteiger charge is 2.45. The van der Waals surface area contributed by atoms with Crippen molar-refractivity contribution < 1.29 is 129 Å². The number of carboxylic acid groups (broad SMARTS) is 2. The molecule has 11 amide bonds. The van der Waals surface area contributed by atoms with Crippen LogP contribution in [0, 0.1) is 23.7 Å². The number of aliphatic hydroxyl groups excluding tert-OH is 4. The van der Waals surface area contributed by atoms with Gasteiger partial charge in [-0.15, -0.1) is 0 Å². The number of piperidine rings is 1. The fraction of sp³-hybridized carbons (Fsp3) is 0.661. The first-order chi connectivity index (χ1) is 48.2. The molecule has 2 unspecified atom stereocenters. The van der Waals surface area contributed by atoms with Gasteiger partial charge in [-0.25, -0.2) is 14.4 Å². The van der Waals surface area contributed by atoms with Crippen LogP contribution in [0.25, 0.3) is 0 Å². The number of halogens is 6. The number of benzene rings is 1. The number of aliphatic hydroxyl groups is 4. The van der Waals surface area contributed by atoms with Crippen LogP contribution < -0.4 is 75.7 Å². The van der Waals surface area contributed by atoms with E-state index in [1.807, 2.05) is 10.6 Å². The van der Waals surface area contributed by atoms with Gasteiger partial charge in [0.1, 0.15) is 48.3 Å². The number of nitrogens with one attached hydrogen (secondary N) is 11. The molecule has 2 saturated heterocycles. The molecular formula is C62H97F6N15O21. The lowest BCUT2D eigenvalue weighted by Crippen LogP contribution is -2.64. The van der Waals surface area contributed by atoms with Crippen LogP contribution in [0.4, 0.5) is 26.3 Å². The number of nitrogens with two attached hydrogens (primary N) is 3. The zero-order valence-corrected chi connectivity index (χ0v) is 58.5. The average molecular weight is 1500 g/mol. The molecule has 588 valence electrons. The summed E-state index contributed by atoms with van der Waals surface area (Å²) in [7, 11) is 0. The van der Waals surface area contributed by atoms with Crippen molar-refractivity contribution in [2.24, 2.45) is 45.9 Å². The van der Waals surface area contributed by atoms with E-state index in [1.54, 1.807) is 41.5 Å². The molecule has 1 aromatic rings. The Bertz CT molecular complexity index is 3080. The minimum atomic E-state index is -5.08. The highest BCUT2D eigenvalue weighted by molar-refractivity contribution is 6.00. The molecule has 1 aromatic carbocycles. The fourth-order valence-corrected chi connectivity index (χ4v) is 9.70. The topological polar surface area (TPSA) is 592 Å². The first-order valence-electron chi connectivity index (χ1n) is 32.8. The Kier molecular flexibility index (Phi) is 39.3. The molecule has 2 fully saturated rings. The second-order valence-electron chi connectivity index (χ2n) is 25.4. The summed E-state index contributed by atoms with van der Waals surface area (Å²) in [6.07, 6.45) is -16.3. The molecule has 42 heteroatoms. The zero-order chi connectivity index (χ0) is 79.8. The number of cyclic esters (lactones) is 1. The van der Waals surface area contributed by atoms with Crippen LogP contribution in [-0.4, -0.2) is 237 Å². The van der Waals surface area contributed by atoms with Gasteiger partial charge in [-0.3, -0.25) is 57.7 Å². The minimum Gasteiger partial charge on any atom is -0.475 e. The number of nitrogens with zero attached hydrogens (tertiary/aromatic N) is 1. The summed E-state index contributed by atoms with van der Waals surface area (Å²) in [5, 5.41) is 85.7. The van der Waals surface area contributed by atoms with E-state index in [1.165, 1.54) is 44.2 Å². The van der Waals surface area contributed by atoms with Crippen molar-refractivity contribution in [1.82, 2.24) is 58.5 Å². The van der Waals surface area contributed by atoms with E-state index in [0.29, 0.717) is 19.4 Å². The van der Waals surface area contributed by atoms with E-state index in [9.17, 15) is 99.5 Å². The second-order valence-corrected chi connectivity index (χ2v) is 25.4.